The molecular weight excluding hydrogens is 242 g/mol. The van der Waals surface area contributed by atoms with Crippen molar-refractivity contribution in [3.63, 3.8) is 0 Å². The number of carbonyl (C=O) groups excluding carboxylic acids is 1. The van der Waals surface area contributed by atoms with Crippen LogP contribution in [0.4, 0.5) is 0 Å². The lowest BCUT2D eigenvalue weighted by atomic mass is 10.2. The van der Waals surface area contributed by atoms with E-state index in [1.54, 1.807) is 13.8 Å². The summed E-state index contributed by atoms with van der Waals surface area (Å²) in [6.07, 6.45) is 2.83. The second-order valence-corrected chi connectivity index (χ2v) is 4.91. The Bertz CT molecular complexity index is 458. The molecule has 1 aliphatic rings. The fourth-order valence-electron chi connectivity index (χ4n) is 1.38. The van der Waals surface area contributed by atoms with Crippen LogP contribution in [0.15, 0.2) is 6.20 Å². The summed E-state index contributed by atoms with van der Waals surface area (Å²) in [5.74, 6) is -0.0875. The molecule has 17 heavy (non-hydrogen) atoms. The minimum atomic E-state index is -0.544. The summed E-state index contributed by atoms with van der Waals surface area (Å²) in [5.41, 5.74) is 5.56. The van der Waals surface area contributed by atoms with Crippen molar-refractivity contribution in [1.82, 2.24) is 9.97 Å². The van der Waals surface area contributed by atoms with Gasteiger partial charge in [0.2, 0.25) is 0 Å². The summed E-state index contributed by atoms with van der Waals surface area (Å²) in [6.45, 7) is 3.53. The van der Waals surface area contributed by atoms with Crippen molar-refractivity contribution in [3.8, 4) is 0 Å². The summed E-state index contributed by atoms with van der Waals surface area (Å²) in [5, 5.41) is 0.184. The van der Waals surface area contributed by atoms with Crippen LogP contribution in [0.2, 0.25) is 5.02 Å². The third kappa shape index (κ3) is 2.56. The molecule has 0 bridgehead atoms. The second-order valence-electron chi connectivity index (χ2n) is 4.50. The molecule has 5 nitrogen and oxygen atoms in total. The maximum Gasteiger partial charge on any atom is 0.358 e. The van der Waals surface area contributed by atoms with Gasteiger partial charge < -0.3 is 10.5 Å². The first-order valence-electron chi connectivity index (χ1n) is 5.45. The summed E-state index contributed by atoms with van der Waals surface area (Å²) in [6, 6.07) is 0. The van der Waals surface area contributed by atoms with Crippen molar-refractivity contribution < 1.29 is 9.53 Å². The lowest BCUT2D eigenvalue weighted by molar-refractivity contribution is 0.0370. The zero-order valence-corrected chi connectivity index (χ0v) is 10.5. The lowest BCUT2D eigenvalue weighted by Crippen LogP contribution is -2.24. The third-order valence-electron chi connectivity index (χ3n) is 2.51. The largest absolute Gasteiger partial charge is 0.458 e. The molecule has 0 spiro atoms. The number of ether oxygens (including phenoxy) is 1. The summed E-state index contributed by atoms with van der Waals surface area (Å²) in [4.78, 5) is 19.9. The van der Waals surface area contributed by atoms with Crippen LogP contribution in [0.25, 0.3) is 0 Å². The second kappa shape index (κ2) is 4.23. The first kappa shape index (κ1) is 12.3. The molecule has 1 aromatic rings. The molecule has 0 aromatic carbocycles. The van der Waals surface area contributed by atoms with E-state index in [2.05, 4.69) is 9.97 Å². The maximum absolute atomic E-state index is 11.7. The third-order valence-corrected chi connectivity index (χ3v) is 2.79. The number of hydrogen-bond acceptors (Lipinski definition) is 5. The zero-order chi connectivity index (χ0) is 12.6. The minimum absolute atomic E-state index is 0.0853. The molecule has 1 saturated carbocycles. The van der Waals surface area contributed by atoms with Gasteiger partial charge in [0.05, 0.1) is 22.9 Å². The average molecular weight is 256 g/mol. The van der Waals surface area contributed by atoms with Crippen molar-refractivity contribution in [2.75, 3.05) is 0 Å². The Kier molecular flexibility index (Phi) is 3.05. The van der Waals surface area contributed by atoms with Crippen molar-refractivity contribution in [2.45, 2.75) is 38.3 Å². The van der Waals surface area contributed by atoms with Crippen LogP contribution in [-0.2, 0) is 10.3 Å². The normalized spacial score (nSPS) is 17.0. The number of carbonyl (C=O) groups is 1. The van der Waals surface area contributed by atoms with Gasteiger partial charge in [0.25, 0.3) is 0 Å². The molecule has 0 radical (unpaired) electrons. The molecule has 0 amide bonds. The zero-order valence-electron chi connectivity index (χ0n) is 9.74. The molecular formula is C11H14ClN3O2. The quantitative estimate of drug-likeness (QED) is 0.831. The smallest absolute Gasteiger partial charge is 0.358 e. The van der Waals surface area contributed by atoms with Gasteiger partial charge in [0, 0.05) is 0 Å². The summed E-state index contributed by atoms with van der Waals surface area (Å²) < 4.78 is 5.05. The van der Waals surface area contributed by atoms with E-state index in [0.717, 1.165) is 12.8 Å². The predicted octanol–water partition coefficient (Wildman–Crippen LogP) is 1.64. The molecule has 92 valence electrons. The standard InChI is InChI=1S/C11H14ClN3O2/c1-6(2)17-9(16)8-7(12)5-14-10(15-8)11(13)3-4-11/h5-6H,3-4,13H2,1-2H3. The highest BCUT2D eigenvalue weighted by molar-refractivity contribution is 6.33. The van der Waals surface area contributed by atoms with Gasteiger partial charge in [0.15, 0.2) is 5.69 Å². The summed E-state index contributed by atoms with van der Waals surface area (Å²) in [7, 11) is 0. The Balaban J connectivity index is 2.29. The Morgan fingerprint density at radius 1 is 1.59 bits per heavy atom. The molecule has 1 aromatic heterocycles. The number of nitrogens with zero attached hydrogens (tertiary/aromatic N) is 2. The van der Waals surface area contributed by atoms with Crippen LogP contribution in [0, 0.1) is 0 Å². The van der Waals surface area contributed by atoms with Crippen LogP contribution in [-0.4, -0.2) is 22.0 Å². The van der Waals surface area contributed by atoms with Crippen LogP contribution < -0.4 is 5.73 Å². The SMILES string of the molecule is CC(C)OC(=O)c1nc(C2(N)CC2)ncc1Cl. The maximum atomic E-state index is 11.7. The van der Waals surface area contributed by atoms with Gasteiger partial charge in [-0.25, -0.2) is 14.8 Å². The van der Waals surface area contributed by atoms with Gasteiger partial charge in [-0.05, 0) is 26.7 Å². The molecule has 0 aliphatic heterocycles. The number of esters is 1. The van der Waals surface area contributed by atoms with Gasteiger partial charge in [-0.2, -0.15) is 0 Å². The number of hydrogen-bond donors (Lipinski definition) is 1. The van der Waals surface area contributed by atoms with Crippen molar-refractivity contribution in [2.24, 2.45) is 5.73 Å². The highest BCUT2D eigenvalue weighted by atomic mass is 35.5. The number of halogens is 1. The average Bonchev–Trinajstić information content (AvgIpc) is 2.97. The first-order chi connectivity index (χ1) is 7.92. The summed E-state index contributed by atoms with van der Waals surface area (Å²) >= 11 is 5.88. The van der Waals surface area contributed by atoms with Crippen molar-refractivity contribution >= 4 is 17.6 Å². The predicted molar refractivity (Wildman–Crippen MR) is 62.7 cm³/mol. The van der Waals surface area contributed by atoms with Gasteiger partial charge in [-0.1, -0.05) is 11.6 Å². The van der Waals surface area contributed by atoms with E-state index in [-0.39, 0.29) is 16.8 Å². The Morgan fingerprint density at radius 3 is 2.76 bits per heavy atom. The highest BCUT2D eigenvalue weighted by Gasteiger charge is 2.43. The molecule has 1 heterocycles. The van der Waals surface area contributed by atoms with Gasteiger partial charge in [-0.15, -0.1) is 0 Å². The molecule has 1 fully saturated rings. The number of aromatic nitrogens is 2. The molecule has 6 heteroatoms. The van der Waals surface area contributed by atoms with Crippen molar-refractivity contribution in [3.05, 3.63) is 22.7 Å². The topological polar surface area (TPSA) is 78.1 Å². The fraction of sp³-hybridized carbons (Fsp3) is 0.545. The molecule has 1 aliphatic carbocycles. The molecule has 0 unspecified atom stereocenters. The van der Waals surface area contributed by atoms with Gasteiger partial charge in [0.1, 0.15) is 5.82 Å². The monoisotopic (exact) mass is 255 g/mol. The van der Waals surface area contributed by atoms with E-state index < -0.39 is 11.5 Å². The van der Waals surface area contributed by atoms with E-state index in [0.29, 0.717) is 5.82 Å². The Morgan fingerprint density at radius 2 is 2.24 bits per heavy atom. The van der Waals surface area contributed by atoms with Gasteiger partial charge >= 0.3 is 5.97 Å². The van der Waals surface area contributed by atoms with Crippen LogP contribution >= 0.6 is 11.6 Å². The highest BCUT2D eigenvalue weighted by Crippen LogP contribution is 2.40. The van der Waals surface area contributed by atoms with E-state index in [1.807, 2.05) is 0 Å². The fourth-order valence-corrected chi connectivity index (χ4v) is 1.55. The molecule has 0 saturated heterocycles. The number of nitrogens with two attached hydrogens (primary N) is 1. The van der Waals surface area contributed by atoms with E-state index in [4.69, 9.17) is 22.1 Å². The van der Waals surface area contributed by atoms with E-state index >= 15 is 0 Å². The van der Waals surface area contributed by atoms with Crippen LogP contribution in [0.5, 0.6) is 0 Å². The Labute approximate surface area is 104 Å². The van der Waals surface area contributed by atoms with Crippen molar-refractivity contribution in [1.29, 1.82) is 0 Å². The van der Waals surface area contributed by atoms with E-state index in [1.165, 1.54) is 6.20 Å². The molecule has 0 atom stereocenters. The van der Waals surface area contributed by atoms with Crippen LogP contribution in [0.3, 0.4) is 0 Å². The number of rotatable bonds is 3. The van der Waals surface area contributed by atoms with Gasteiger partial charge in [-0.3, -0.25) is 0 Å². The first-order valence-corrected chi connectivity index (χ1v) is 5.83. The van der Waals surface area contributed by atoms with E-state index in [9.17, 15) is 4.79 Å². The molecule has 2 N–H and O–H groups in total. The Hall–Kier alpha value is -1.20. The lowest BCUT2D eigenvalue weighted by Gasteiger charge is -2.11. The van der Waals surface area contributed by atoms with Crippen LogP contribution in [0.1, 0.15) is 43.0 Å². The minimum Gasteiger partial charge on any atom is -0.458 e. The molecule has 2 rings (SSSR count).